The van der Waals surface area contributed by atoms with Crippen molar-refractivity contribution in [2.75, 3.05) is 0 Å². The van der Waals surface area contributed by atoms with E-state index in [4.69, 9.17) is 4.74 Å². The summed E-state index contributed by atoms with van der Waals surface area (Å²) in [7, 11) is 0. The van der Waals surface area contributed by atoms with Gasteiger partial charge >= 0.3 is 5.97 Å². The van der Waals surface area contributed by atoms with E-state index in [-0.39, 0.29) is 11.6 Å². The summed E-state index contributed by atoms with van der Waals surface area (Å²) in [6, 6.07) is 0. The second-order valence-corrected chi connectivity index (χ2v) is 10.5. The van der Waals surface area contributed by atoms with Gasteiger partial charge in [-0.15, -0.1) is 0 Å². The zero-order valence-corrected chi connectivity index (χ0v) is 17.9. The van der Waals surface area contributed by atoms with Crippen molar-refractivity contribution in [3.63, 3.8) is 0 Å². The van der Waals surface area contributed by atoms with Crippen LogP contribution in [-0.2, 0) is 9.53 Å². The van der Waals surface area contributed by atoms with Gasteiger partial charge in [-0.3, -0.25) is 0 Å². The molecule has 3 aliphatic carbocycles. The van der Waals surface area contributed by atoms with Gasteiger partial charge in [-0.25, -0.2) is 4.79 Å². The lowest BCUT2D eigenvalue weighted by atomic mass is 9.51. The van der Waals surface area contributed by atoms with Gasteiger partial charge in [0.2, 0.25) is 0 Å². The SMILES string of the molecule is CCCCCCCCC1CCC2C3CCC4=CC(=O)OC4(C)C3CCC12C. The molecule has 6 atom stereocenters. The molecule has 3 fully saturated rings. The Morgan fingerprint density at radius 2 is 1.78 bits per heavy atom. The molecule has 0 aromatic rings. The number of esters is 1. The summed E-state index contributed by atoms with van der Waals surface area (Å²) in [6.45, 7) is 7.13. The van der Waals surface area contributed by atoms with Crippen LogP contribution in [-0.4, -0.2) is 11.6 Å². The highest BCUT2D eigenvalue weighted by atomic mass is 16.6. The van der Waals surface area contributed by atoms with Crippen molar-refractivity contribution in [2.24, 2.45) is 29.1 Å². The minimum absolute atomic E-state index is 0.0890. The maximum Gasteiger partial charge on any atom is 0.331 e. The predicted molar refractivity (Wildman–Crippen MR) is 110 cm³/mol. The van der Waals surface area contributed by atoms with Gasteiger partial charge in [-0.05, 0) is 80.6 Å². The molecule has 1 heterocycles. The second-order valence-electron chi connectivity index (χ2n) is 10.5. The lowest BCUT2D eigenvalue weighted by Gasteiger charge is -2.55. The molecule has 4 rings (SSSR count). The highest BCUT2D eigenvalue weighted by Gasteiger charge is 2.60. The summed E-state index contributed by atoms with van der Waals surface area (Å²) in [5.74, 6) is 3.04. The van der Waals surface area contributed by atoms with Gasteiger partial charge in [0.15, 0.2) is 0 Å². The van der Waals surface area contributed by atoms with Gasteiger partial charge in [-0.2, -0.15) is 0 Å². The number of rotatable bonds is 7. The third kappa shape index (κ3) is 3.29. The van der Waals surface area contributed by atoms with E-state index in [1.54, 1.807) is 6.08 Å². The molecule has 0 amide bonds. The lowest BCUT2D eigenvalue weighted by Crippen LogP contribution is -2.52. The molecule has 0 spiro atoms. The number of unbranched alkanes of at least 4 members (excludes halogenated alkanes) is 5. The summed E-state index contributed by atoms with van der Waals surface area (Å²) >= 11 is 0. The zero-order valence-electron chi connectivity index (χ0n) is 17.9. The minimum Gasteiger partial charge on any atom is -0.451 e. The van der Waals surface area contributed by atoms with Crippen LogP contribution in [0.15, 0.2) is 11.6 Å². The molecule has 0 aromatic heterocycles. The van der Waals surface area contributed by atoms with E-state index < -0.39 is 0 Å². The Morgan fingerprint density at radius 3 is 2.59 bits per heavy atom. The number of carbonyl (C=O) groups is 1. The smallest absolute Gasteiger partial charge is 0.331 e. The van der Waals surface area contributed by atoms with Crippen LogP contribution in [0.25, 0.3) is 0 Å². The van der Waals surface area contributed by atoms with Gasteiger partial charge in [-0.1, -0.05) is 52.4 Å². The number of fused-ring (bicyclic) bond motifs is 5. The Labute approximate surface area is 166 Å². The Kier molecular flexibility index (Phi) is 5.47. The van der Waals surface area contributed by atoms with Gasteiger partial charge in [0.25, 0.3) is 0 Å². The molecule has 4 aliphatic rings. The lowest BCUT2D eigenvalue weighted by molar-refractivity contribution is -0.159. The molecule has 152 valence electrons. The zero-order chi connectivity index (χ0) is 19.1. The van der Waals surface area contributed by atoms with E-state index in [9.17, 15) is 4.79 Å². The maximum atomic E-state index is 11.9. The minimum atomic E-state index is -0.279. The highest BCUT2D eigenvalue weighted by Crippen LogP contribution is 2.65. The van der Waals surface area contributed by atoms with E-state index >= 15 is 0 Å². The maximum absolute atomic E-state index is 11.9. The van der Waals surface area contributed by atoms with Crippen molar-refractivity contribution in [1.82, 2.24) is 0 Å². The Bertz CT molecular complexity index is 593. The van der Waals surface area contributed by atoms with Gasteiger partial charge in [0.1, 0.15) is 5.60 Å². The number of ether oxygens (including phenoxy) is 1. The van der Waals surface area contributed by atoms with Crippen LogP contribution in [0.4, 0.5) is 0 Å². The van der Waals surface area contributed by atoms with Crippen molar-refractivity contribution in [1.29, 1.82) is 0 Å². The molecule has 6 unspecified atom stereocenters. The van der Waals surface area contributed by atoms with Gasteiger partial charge in [0, 0.05) is 12.0 Å². The largest absolute Gasteiger partial charge is 0.451 e. The summed E-state index contributed by atoms with van der Waals surface area (Å²) in [5.41, 5.74) is 1.56. The average molecular weight is 373 g/mol. The van der Waals surface area contributed by atoms with E-state index in [1.807, 2.05) is 0 Å². The quantitative estimate of drug-likeness (QED) is 0.361. The molecule has 3 saturated carbocycles. The molecular weight excluding hydrogens is 332 g/mol. The molecule has 0 radical (unpaired) electrons. The van der Waals surface area contributed by atoms with Crippen LogP contribution in [0.1, 0.15) is 104 Å². The fourth-order valence-corrected chi connectivity index (χ4v) is 7.67. The van der Waals surface area contributed by atoms with Crippen LogP contribution in [0.3, 0.4) is 0 Å². The molecule has 2 nitrogen and oxygen atoms in total. The van der Waals surface area contributed by atoms with Crippen LogP contribution < -0.4 is 0 Å². The number of hydrogen-bond donors (Lipinski definition) is 0. The standard InChI is InChI=1S/C25H40O2/c1-4-5-6-7-8-9-10-18-12-14-21-20-13-11-19-17-23(26)27-25(19,3)22(20)15-16-24(18,21)2/h17-18,20-22H,4-16H2,1-3H3. The second kappa shape index (κ2) is 7.56. The van der Waals surface area contributed by atoms with E-state index in [2.05, 4.69) is 20.8 Å². The first-order valence-corrected chi connectivity index (χ1v) is 11.9. The average Bonchev–Trinajstić information content (AvgIpc) is 3.13. The summed E-state index contributed by atoms with van der Waals surface area (Å²) in [4.78, 5) is 11.9. The molecule has 1 aliphatic heterocycles. The van der Waals surface area contributed by atoms with E-state index in [1.165, 1.54) is 82.6 Å². The number of hydrogen-bond acceptors (Lipinski definition) is 2. The first kappa shape index (κ1) is 19.5. The van der Waals surface area contributed by atoms with Crippen LogP contribution >= 0.6 is 0 Å². The monoisotopic (exact) mass is 372 g/mol. The van der Waals surface area contributed by atoms with Crippen LogP contribution in [0.5, 0.6) is 0 Å². The first-order valence-electron chi connectivity index (χ1n) is 11.9. The Balaban J connectivity index is 1.38. The molecule has 0 aromatic carbocycles. The topological polar surface area (TPSA) is 26.3 Å². The van der Waals surface area contributed by atoms with Crippen LogP contribution in [0, 0.1) is 29.1 Å². The van der Waals surface area contributed by atoms with E-state index in [0.29, 0.717) is 11.3 Å². The highest BCUT2D eigenvalue weighted by molar-refractivity contribution is 5.87. The molecular formula is C25H40O2. The first-order chi connectivity index (χ1) is 13.0. The number of carbonyl (C=O) groups excluding carboxylic acids is 1. The third-order valence-electron chi connectivity index (χ3n) is 9.24. The van der Waals surface area contributed by atoms with Crippen molar-refractivity contribution in [3.8, 4) is 0 Å². The van der Waals surface area contributed by atoms with E-state index in [0.717, 1.165) is 24.2 Å². The fraction of sp³-hybridized carbons (Fsp3) is 0.880. The molecule has 0 bridgehead atoms. The van der Waals surface area contributed by atoms with Crippen LogP contribution in [0.2, 0.25) is 0 Å². The summed E-state index contributed by atoms with van der Waals surface area (Å²) in [5, 5.41) is 0. The summed E-state index contributed by atoms with van der Waals surface area (Å²) in [6.07, 6.45) is 19.6. The van der Waals surface area contributed by atoms with Crippen molar-refractivity contribution < 1.29 is 9.53 Å². The molecule has 0 saturated heterocycles. The van der Waals surface area contributed by atoms with Crippen molar-refractivity contribution in [3.05, 3.63) is 11.6 Å². The third-order valence-corrected chi connectivity index (χ3v) is 9.24. The fourth-order valence-electron chi connectivity index (χ4n) is 7.67. The Morgan fingerprint density at radius 1 is 1.00 bits per heavy atom. The molecule has 2 heteroatoms. The molecule has 0 N–H and O–H groups in total. The van der Waals surface area contributed by atoms with Gasteiger partial charge in [0.05, 0.1) is 0 Å². The van der Waals surface area contributed by atoms with Crippen molar-refractivity contribution >= 4 is 5.97 Å². The Hall–Kier alpha value is -0.790. The van der Waals surface area contributed by atoms with Crippen molar-refractivity contribution in [2.45, 2.75) is 110 Å². The van der Waals surface area contributed by atoms with Gasteiger partial charge < -0.3 is 4.74 Å². The predicted octanol–water partition coefficient (Wildman–Crippen LogP) is 6.83. The molecule has 27 heavy (non-hydrogen) atoms. The normalized spacial score (nSPS) is 42.9. The summed E-state index contributed by atoms with van der Waals surface area (Å²) < 4.78 is 5.91.